The average molecular weight is 335 g/mol. The zero-order valence-corrected chi connectivity index (χ0v) is 17.8. The van der Waals surface area contributed by atoms with Crippen LogP contribution in [0.4, 0.5) is 0 Å². The molecule has 0 N–H and O–H groups in total. The van der Waals surface area contributed by atoms with Crippen LogP contribution >= 0.6 is 0 Å². The second kappa shape index (κ2) is 5.22. The summed E-state index contributed by atoms with van der Waals surface area (Å²) < 4.78 is 0. The van der Waals surface area contributed by atoms with Crippen LogP contribution in [-0.2, 0) is 16.2 Å². The van der Waals surface area contributed by atoms with Crippen LogP contribution in [0.25, 0.3) is 11.1 Å². The summed E-state index contributed by atoms with van der Waals surface area (Å²) in [5.41, 5.74) is 12.1. The summed E-state index contributed by atoms with van der Waals surface area (Å²) in [7, 11) is 0. The van der Waals surface area contributed by atoms with Crippen molar-refractivity contribution < 1.29 is 0 Å². The monoisotopic (exact) mass is 334 g/mol. The molecule has 0 saturated heterocycles. The fraction of sp³-hybridized carbons (Fsp3) is 0.520. The molecule has 0 bridgehead atoms. The van der Waals surface area contributed by atoms with Crippen LogP contribution in [0, 0.1) is 13.8 Å². The van der Waals surface area contributed by atoms with Crippen LogP contribution < -0.4 is 0 Å². The highest BCUT2D eigenvalue weighted by Crippen LogP contribution is 2.53. The lowest BCUT2D eigenvalue weighted by atomic mass is 9.77. The van der Waals surface area contributed by atoms with Gasteiger partial charge < -0.3 is 0 Å². The zero-order chi connectivity index (χ0) is 18.9. The first kappa shape index (κ1) is 18.2. The lowest BCUT2D eigenvalue weighted by molar-refractivity contribution is 0.579. The molecule has 2 aromatic carbocycles. The Morgan fingerprint density at radius 2 is 0.920 bits per heavy atom. The van der Waals surface area contributed by atoms with Crippen molar-refractivity contribution in [3.05, 3.63) is 57.6 Å². The molecule has 0 heteroatoms. The number of rotatable bonds is 0. The molecule has 0 aliphatic heterocycles. The topological polar surface area (TPSA) is 0 Å². The highest BCUT2D eigenvalue weighted by atomic mass is 14.4. The third kappa shape index (κ3) is 2.75. The van der Waals surface area contributed by atoms with E-state index in [1.807, 2.05) is 0 Å². The van der Waals surface area contributed by atoms with E-state index in [0.717, 1.165) is 0 Å². The van der Waals surface area contributed by atoms with Gasteiger partial charge in [-0.25, -0.2) is 0 Å². The van der Waals surface area contributed by atoms with Crippen LogP contribution in [0.3, 0.4) is 0 Å². The van der Waals surface area contributed by atoms with Crippen molar-refractivity contribution in [2.75, 3.05) is 0 Å². The maximum absolute atomic E-state index is 2.47. The third-order valence-electron chi connectivity index (χ3n) is 6.00. The van der Waals surface area contributed by atoms with Crippen molar-refractivity contribution in [3.8, 4) is 11.1 Å². The van der Waals surface area contributed by atoms with E-state index < -0.39 is 0 Å². The van der Waals surface area contributed by atoms with Gasteiger partial charge in [0.25, 0.3) is 0 Å². The minimum atomic E-state index is 0.0582. The first-order valence-electron chi connectivity index (χ1n) is 9.56. The van der Waals surface area contributed by atoms with Gasteiger partial charge in [-0.05, 0) is 69.2 Å². The molecular weight excluding hydrogens is 300 g/mol. The smallest absolute Gasteiger partial charge is 0.0159 e. The van der Waals surface area contributed by atoms with Gasteiger partial charge in [-0.2, -0.15) is 0 Å². The second-order valence-corrected chi connectivity index (χ2v) is 10.6. The summed E-state index contributed by atoms with van der Waals surface area (Å²) >= 11 is 0. The Kier molecular flexibility index (Phi) is 3.81. The summed E-state index contributed by atoms with van der Waals surface area (Å²) in [5, 5.41) is 0. The van der Waals surface area contributed by atoms with Gasteiger partial charge in [0.15, 0.2) is 0 Å². The Labute approximate surface area is 154 Å². The van der Waals surface area contributed by atoms with Crippen LogP contribution in [0.2, 0.25) is 0 Å². The van der Waals surface area contributed by atoms with Crippen LogP contribution in [0.1, 0.15) is 88.8 Å². The molecule has 0 radical (unpaired) electrons. The molecule has 25 heavy (non-hydrogen) atoms. The van der Waals surface area contributed by atoms with Crippen molar-refractivity contribution in [1.29, 1.82) is 0 Å². The first-order valence-corrected chi connectivity index (χ1v) is 9.56. The van der Waals surface area contributed by atoms with E-state index in [4.69, 9.17) is 0 Å². The molecule has 0 aromatic heterocycles. The van der Waals surface area contributed by atoms with Crippen LogP contribution in [-0.4, -0.2) is 0 Å². The van der Waals surface area contributed by atoms with Gasteiger partial charge in [-0.3, -0.25) is 0 Å². The molecule has 2 aromatic rings. The number of aryl methyl sites for hydroxylation is 2. The van der Waals surface area contributed by atoms with E-state index in [-0.39, 0.29) is 16.2 Å². The summed E-state index contributed by atoms with van der Waals surface area (Å²) in [6, 6.07) is 9.75. The maximum atomic E-state index is 2.47. The van der Waals surface area contributed by atoms with Gasteiger partial charge >= 0.3 is 0 Å². The summed E-state index contributed by atoms with van der Waals surface area (Å²) in [6.07, 6.45) is 0. The second-order valence-electron chi connectivity index (χ2n) is 10.6. The fourth-order valence-corrected chi connectivity index (χ4v) is 4.23. The van der Waals surface area contributed by atoms with Gasteiger partial charge in [0.1, 0.15) is 0 Å². The Hall–Kier alpha value is -1.56. The highest BCUT2D eigenvalue weighted by molar-refractivity contribution is 5.86. The molecular formula is C25H34. The molecule has 0 spiro atoms. The quantitative estimate of drug-likeness (QED) is 0.477. The molecule has 3 rings (SSSR count). The highest BCUT2D eigenvalue weighted by Gasteiger charge is 2.39. The minimum Gasteiger partial charge on any atom is -0.0561 e. The Morgan fingerprint density at radius 3 is 1.20 bits per heavy atom. The maximum Gasteiger partial charge on any atom is 0.0159 e. The van der Waals surface area contributed by atoms with Gasteiger partial charge in [0.2, 0.25) is 0 Å². The van der Waals surface area contributed by atoms with Gasteiger partial charge in [0.05, 0.1) is 0 Å². The van der Waals surface area contributed by atoms with E-state index >= 15 is 0 Å². The van der Waals surface area contributed by atoms with E-state index in [2.05, 4.69) is 93.5 Å². The average Bonchev–Trinajstić information content (AvgIpc) is 2.67. The Morgan fingerprint density at radius 1 is 0.600 bits per heavy atom. The van der Waals surface area contributed by atoms with Crippen molar-refractivity contribution in [3.63, 3.8) is 0 Å². The molecule has 0 heterocycles. The van der Waals surface area contributed by atoms with Gasteiger partial charge in [-0.15, -0.1) is 0 Å². The van der Waals surface area contributed by atoms with Crippen molar-refractivity contribution in [2.24, 2.45) is 0 Å². The molecule has 1 aliphatic rings. The zero-order valence-electron chi connectivity index (χ0n) is 17.8. The molecule has 134 valence electrons. The normalized spacial score (nSPS) is 15.9. The fourth-order valence-electron chi connectivity index (χ4n) is 4.23. The largest absolute Gasteiger partial charge is 0.0561 e. The lowest BCUT2D eigenvalue weighted by Crippen LogP contribution is -2.19. The molecule has 0 nitrogen and oxygen atoms in total. The first-order chi connectivity index (χ1) is 11.2. The van der Waals surface area contributed by atoms with Crippen molar-refractivity contribution >= 4 is 0 Å². The Bertz CT molecular complexity index is 778. The van der Waals surface area contributed by atoms with E-state index in [1.54, 1.807) is 0 Å². The van der Waals surface area contributed by atoms with Gasteiger partial charge in [0, 0.05) is 5.41 Å². The van der Waals surface area contributed by atoms with E-state index in [1.165, 1.54) is 44.5 Å². The summed E-state index contributed by atoms with van der Waals surface area (Å²) in [6.45, 7) is 23.2. The molecule has 0 fully saturated rings. The number of hydrogen-bond donors (Lipinski definition) is 0. The lowest BCUT2D eigenvalue weighted by Gasteiger charge is -2.27. The molecule has 1 aliphatic carbocycles. The number of fused-ring (bicyclic) bond motifs is 3. The van der Waals surface area contributed by atoms with Crippen LogP contribution in [0.15, 0.2) is 24.3 Å². The van der Waals surface area contributed by atoms with Crippen molar-refractivity contribution in [2.45, 2.75) is 85.5 Å². The summed E-state index contributed by atoms with van der Waals surface area (Å²) in [4.78, 5) is 0. The van der Waals surface area contributed by atoms with Crippen LogP contribution in [0.5, 0.6) is 0 Å². The van der Waals surface area contributed by atoms with Gasteiger partial charge in [-0.1, -0.05) is 79.7 Å². The standard InChI is InChI=1S/C25H34/c1-15-11-17(23(3,4)5)13-19-21(15)22-16(2)12-18(24(6,7)8)14-20(22)25(19,9)10/h11-14H,1-10H3. The molecule has 0 unspecified atom stereocenters. The summed E-state index contributed by atoms with van der Waals surface area (Å²) in [5.74, 6) is 0. The molecule has 0 atom stereocenters. The number of benzene rings is 2. The van der Waals surface area contributed by atoms with Crippen molar-refractivity contribution in [1.82, 2.24) is 0 Å². The minimum absolute atomic E-state index is 0.0582. The Balaban J connectivity index is 2.36. The predicted molar refractivity (Wildman–Crippen MR) is 111 cm³/mol. The van der Waals surface area contributed by atoms with E-state index in [0.29, 0.717) is 0 Å². The van der Waals surface area contributed by atoms with E-state index in [9.17, 15) is 0 Å². The predicted octanol–water partition coefficient (Wildman–Crippen LogP) is 7.20. The number of hydrogen-bond acceptors (Lipinski definition) is 0. The molecule has 0 amide bonds. The SMILES string of the molecule is Cc1cc(C(C)(C)C)cc2c1-c1c(C)cc(C(C)(C)C)cc1C2(C)C. The third-order valence-corrected chi connectivity index (χ3v) is 6.00. The molecule has 0 saturated carbocycles.